The van der Waals surface area contributed by atoms with E-state index in [4.69, 9.17) is 5.73 Å². The first-order valence-electron chi connectivity index (χ1n) is 5.62. The molecule has 0 radical (unpaired) electrons. The Balaban J connectivity index is 2.33. The minimum Gasteiger partial charge on any atom is -0.505 e. The van der Waals surface area contributed by atoms with Gasteiger partial charge in [0.2, 0.25) is 0 Å². The Bertz CT molecular complexity index is 782. The molecule has 0 bridgehead atoms. The number of aromatic hydroxyl groups is 1. The highest BCUT2D eigenvalue weighted by Crippen LogP contribution is 2.33. The fourth-order valence-electron chi connectivity index (χ4n) is 2.13. The van der Waals surface area contributed by atoms with E-state index < -0.39 is 11.6 Å². The SMILES string of the molecule is Cn1cc(-c2ccc(F)c(O)c2)c2c(N)ncnc21. The number of aryl methyl sites for hydroxylation is 1. The number of hydrogen-bond donors (Lipinski definition) is 2. The monoisotopic (exact) mass is 258 g/mol. The normalized spacial score (nSPS) is 11.1. The predicted molar refractivity (Wildman–Crippen MR) is 70.0 cm³/mol. The van der Waals surface area contributed by atoms with Crippen LogP contribution in [0.1, 0.15) is 0 Å². The van der Waals surface area contributed by atoms with Gasteiger partial charge in [-0.1, -0.05) is 6.07 Å². The van der Waals surface area contributed by atoms with Crippen LogP contribution in [0.5, 0.6) is 5.75 Å². The molecular formula is C13H11FN4O. The lowest BCUT2D eigenvalue weighted by molar-refractivity contribution is 0.433. The van der Waals surface area contributed by atoms with Crippen LogP contribution in [0.2, 0.25) is 0 Å². The Morgan fingerprint density at radius 3 is 2.84 bits per heavy atom. The number of nitrogens with two attached hydrogens (primary N) is 1. The predicted octanol–water partition coefficient (Wildman–Crippen LogP) is 2.06. The third-order valence-electron chi connectivity index (χ3n) is 3.04. The number of phenols is 1. The quantitative estimate of drug-likeness (QED) is 0.700. The molecule has 2 heterocycles. The molecule has 96 valence electrons. The summed E-state index contributed by atoms with van der Waals surface area (Å²) >= 11 is 0. The van der Waals surface area contributed by atoms with Gasteiger partial charge in [-0.25, -0.2) is 14.4 Å². The highest BCUT2D eigenvalue weighted by molar-refractivity contribution is 6.00. The summed E-state index contributed by atoms with van der Waals surface area (Å²) in [5.74, 6) is -0.706. The lowest BCUT2D eigenvalue weighted by Crippen LogP contribution is -1.94. The van der Waals surface area contributed by atoms with Crippen LogP contribution in [0.25, 0.3) is 22.2 Å². The average molecular weight is 258 g/mol. The lowest BCUT2D eigenvalue weighted by atomic mass is 10.1. The van der Waals surface area contributed by atoms with Gasteiger partial charge >= 0.3 is 0 Å². The molecule has 6 heteroatoms. The number of rotatable bonds is 1. The highest BCUT2D eigenvalue weighted by Gasteiger charge is 2.14. The first kappa shape index (κ1) is 11.5. The lowest BCUT2D eigenvalue weighted by Gasteiger charge is -2.02. The fraction of sp³-hybridized carbons (Fsp3) is 0.0769. The zero-order valence-corrected chi connectivity index (χ0v) is 10.1. The Morgan fingerprint density at radius 2 is 2.11 bits per heavy atom. The van der Waals surface area contributed by atoms with Crippen molar-refractivity contribution < 1.29 is 9.50 Å². The molecule has 0 amide bonds. The molecule has 1 aromatic carbocycles. The smallest absolute Gasteiger partial charge is 0.164 e. The molecule has 0 saturated heterocycles. The maximum Gasteiger partial charge on any atom is 0.164 e. The number of fused-ring (bicyclic) bond motifs is 1. The van der Waals surface area contributed by atoms with Gasteiger partial charge < -0.3 is 15.4 Å². The topological polar surface area (TPSA) is 77.0 Å². The standard InChI is InChI=1S/C13H11FN4O/c1-18-5-8(7-2-3-9(14)10(19)4-7)11-12(15)16-6-17-13(11)18/h2-6,19H,1H3,(H2,15,16,17). The minimum absolute atomic E-state index is 0.351. The molecule has 0 aliphatic rings. The van der Waals surface area contributed by atoms with Crippen molar-refractivity contribution in [1.82, 2.24) is 14.5 Å². The number of halogens is 1. The zero-order chi connectivity index (χ0) is 13.6. The number of hydrogen-bond acceptors (Lipinski definition) is 4. The third-order valence-corrected chi connectivity index (χ3v) is 3.04. The average Bonchev–Trinajstić information content (AvgIpc) is 2.72. The molecular weight excluding hydrogens is 247 g/mol. The van der Waals surface area contributed by atoms with Crippen LogP contribution in [0.4, 0.5) is 10.2 Å². The minimum atomic E-state index is -0.659. The second-order valence-corrected chi connectivity index (χ2v) is 4.28. The van der Waals surface area contributed by atoms with E-state index in [9.17, 15) is 9.50 Å². The number of aromatic nitrogens is 3. The summed E-state index contributed by atoms with van der Waals surface area (Å²) in [5.41, 5.74) is 7.97. The molecule has 3 N–H and O–H groups in total. The van der Waals surface area contributed by atoms with Crippen molar-refractivity contribution >= 4 is 16.9 Å². The molecule has 0 atom stereocenters. The summed E-state index contributed by atoms with van der Waals surface area (Å²) < 4.78 is 14.9. The summed E-state index contributed by atoms with van der Waals surface area (Å²) in [5, 5.41) is 10.2. The van der Waals surface area contributed by atoms with Gasteiger partial charge in [-0.2, -0.15) is 0 Å². The van der Waals surface area contributed by atoms with E-state index >= 15 is 0 Å². The van der Waals surface area contributed by atoms with Crippen molar-refractivity contribution in [3.8, 4) is 16.9 Å². The van der Waals surface area contributed by atoms with E-state index in [0.29, 0.717) is 22.4 Å². The highest BCUT2D eigenvalue weighted by atomic mass is 19.1. The van der Waals surface area contributed by atoms with E-state index in [1.807, 2.05) is 17.8 Å². The molecule has 0 spiro atoms. The van der Waals surface area contributed by atoms with Gasteiger partial charge in [0.15, 0.2) is 11.6 Å². The van der Waals surface area contributed by atoms with E-state index in [1.165, 1.54) is 18.5 Å². The van der Waals surface area contributed by atoms with Crippen molar-refractivity contribution in [3.63, 3.8) is 0 Å². The summed E-state index contributed by atoms with van der Waals surface area (Å²) in [6, 6.07) is 4.15. The Morgan fingerprint density at radius 1 is 1.32 bits per heavy atom. The van der Waals surface area contributed by atoms with Crippen LogP contribution in [0.15, 0.2) is 30.7 Å². The van der Waals surface area contributed by atoms with Gasteiger partial charge in [0.25, 0.3) is 0 Å². The summed E-state index contributed by atoms with van der Waals surface area (Å²) in [6.45, 7) is 0. The van der Waals surface area contributed by atoms with Crippen molar-refractivity contribution in [3.05, 3.63) is 36.5 Å². The van der Waals surface area contributed by atoms with Crippen LogP contribution in [-0.2, 0) is 7.05 Å². The summed E-state index contributed by atoms with van der Waals surface area (Å²) in [6.07, 6.45) is 3.21. The number of phenolic OH excluding ortho intramolecular Hbond substituents is 1. The van der Waals surface area contributed by atoms with Crippen LogP contribution in [0.3, 0.4) is 0 Å². The molecule has 2 aromatic heterocycles. The second kappa shape index (κ2) is 3.94. The van der Waals surface area contributed by atoms with Crippen molar-refractivity contribution in [2.45, 2.75) is 0 Å². The summed E-state index contributed by atoms with van der Waals surface area (Å²) in [4.78, 5) is 8.13. The van der Waals surface area contributed by atoms with E-state index in [2.05, 4.69) is 9.97 Å². The molecule has 0 saturated carbocycles. The first-order chi connectivity index (χ1) is 9.08. The van der Waals surface area contributed by atoms with Crippen LogP contribution in [-0.4, -0.2) is 19.6 Å². The van der Waals surface area contributed by atoms with Gasteiger partial charge in [-0.05, 0) is 17.7 Å². The number of benzene rings is 1. The largest absolute Gasteiger partial charge is 0.505 e. The third kappa shape index (κ3) is 1.69. The molecule has 3 aromatic rings. The molecule has 0 aliphatic heterocycles. The van der Waals surface area contributed by atoms with E-state index in [1.54, 1.807) is 6.07 Å². The number of nitrogen functional groups attached to an aromatic ring is 1. The molecule has 5 nitrogen and oxygen atoms in total. The Kier molecular flexibility index (Phi) is 2.38. The Hall–Kier alpha value is -2.63. The van der Waals surface area contributed by atoms with Crippen molar-refractivity contribution in [2.75, 3.05) is 5.73 Å². The maximum absolute atomic E-state index is 13.1. The number of nitrogens with zero attached hydrogens (tertiary/aromatic N) is 3. The zero-order valence-electron chi connectivity index (χ0n) is 10.1. The van der Waals surface area contributed by atoms with Crippen molar-refractivity contribution in [1.29, 1.82) is 0 Å². The molecule has 19 heavy (non-hydrogen) atoms. The van der Waals surface area contributed by atoms with Crippen molar-refractivity contribution in [2.24, 2.45) is 7.05 Å². The molecule has 3 rings (SSSR count). The summed E-state index contributed by atoms with van der Waals surface area (Å²) in [7, 11) is 1.83. The maximum atomic E-state index is 13.1. The van der Waals surface area contributed by atoms with Crippen LogP contribution < -0.4 is 5.73 Å². The van der Waals surface area contributed by atoms with Crippen LogP contribution >= 0.6 is 0 Å². The first-order valence-corrected chi connectivity index (χ1v) is 5.62. The number of anilines is 1. The van der Waals surface area contributed by atoms with Gasteiger partial charge in [0, 0.05) is 18.8 Å². The van der Waals surface area contributed by atoms with Gasteiger partial charge in [0.1, 0.15) is 17.8 Å². The van der Waals surface area contributed by atoms with E-state index in [0.717, 1.165) is 5.56 Å². The van der Waals surface area contributed by atoms with Gasteiger partial charge in [-0.15, -0.1) is 0 Å². The molecule has 0 unspecified atom stereocenters. The molecule has 0 aliphatic carbocycles. The van der Waals surface area contributed by atoms with Gasteiger partial charge in [-0.3, -0.25) is 0 Å². The van der Waals surface area contributed by atoms with E-state index in [-0.39, 0.29) is 0 Å². The van der Waals surface area contributed by atoms with Crippen LogP contribution in [0, 0.1) is 5.82 Å². The fourth-order valence-corrected chi connectivity index (χ4v) is 2.13. The molecule has 0 fully saturated rings. The second-order valence-electron chi connectivity index (χ2n) is 4.28. The Labute approximate surface area is 108 Å². The van der Waals surface area contributed by atoms with Gasteiger partial charge in [0.05, 0.1) is 5.39 Å².